The number of ether oxygens (including phenoxy) is 1. The van der Waals surface area contributed by atoms with Gasteiger partial charge >= 0.3 is 13.6 Å². The average Bonchev–Trinajstić information content (AvgIpc) is 3.33. The van der Waals surface area contributed by atoms with Gasteiger partial charge in [0.2, 0.25) is 0 Å². The first-order valence-corrected chi connectivity index (χ1v) is 11.1. The van der Waals surface area contributed by atoms with E-state index < -0.39 is 34.8 Å². The average molecular weight is 388 g/mol. The van der Waals surface area contributed by atoms with Crippen molar-refractivity contribution in [3.63, 3.8) is 0 Å². The van der Waals surface area contributed by atoms with Gasteiger partial charge in [-0.1, -0.05) is 17.7 Å². The summed E-state index contributed by atoms with van der Waals surface area (Å²) in [5.41, 5.74) is 1.02. The topological polar surface area (TPSA) is 78.9 Å². The third kappa shape index (κ3) is 3.75. The van der Waals surface area contributed by atoms with E-state index in [1.807, 2.05) is 19.1 Å². The van der Waals surface area contributed by atoms with Gasteiger partial charge in [0.25, 0.3) is 0 Å². The van der Waals surface area contributed by atoms with E-state index in [1.165, 1.54) is 0 Å². The van der Waals surface area contributed by atoms with E-state index in [0.29, 0.717) is 4.90 Å². The lowest BCUT2D eigenvalue weighted by atomic mass is 10.2. The molecular weight excluding hydrogens is 363 g/mol. The Morgan fingerprint density at radius 2 is 1.72 bits per heavy atom. The Kier molecular flexibility index (Phi) is 6.60. The number of rotatable bonds is 9. The lowest BCUT2D eigenvalue weighted by molar-refractivity contribution is -0.144. The Morgan fingerprint density at radius 1 is 1.16 bits per heavy atom. The molecule has 0 bridgehead atoms. The minimum absolute atomic E-state index is 0.139. The Bertz CT molecular complexity index is 679. The van der Waals surface area contributed by atoms with Crippen molar-refractivity contribution in [1.82, 2.24) is 0 Å². The molecule has 25 heavy (non-hydrogen) atoms. The van der Waals surface area contributed by atoms with Crippen LogP contribution in [-0.4, -0.2) is 34.5 Å². The molecule has 0 amide bonds. The maximum absolute atomic E-state index is 13.5. The highest BCUT2D eigenvalue weighted by atomic mass is 32.2. The molecular formula is C17H25O6PS. The molecule has 1 aliphatic carbocycles. The Hall–Kier alpha value is -1.01. The van der Waals surface area contributed by atoms with Crippen LogP contribution in [0.5, 0.6) is 0 Å². The SMILES string of the molecule is CCOC(=O)[C@H]1C[C@@]1(S(=O)c1ccc(C)cc1)P(=O)(OCC)OCC. The van der Waals surface area contributed by atoms with Crippen molar-refractivity contribution in [3.8, 4) is 0 Å². The number of hydrogen-bond donors (Lipinski definition) is 0. The molecule has 0 aliphatic heterocycles. The third-order valence-corrected chi connectivity index (χ3v) is 9.65. The molecule has 0 spiro atoms. The number of hydrogen-bond acceptors (Lipinski definition) is 6. The first-order valence-electron chi connectivity index (χ1n) is 8.40. The van der Waals surface area contributed by atoms with Crippen LogP contribution in [0.25, 0.3) is 0 Å². The van der Waals surface area contributed by atoms with E-state index in [9.17, 15) is 13.6 Å². The van der Waals surface area contributed by atoms with E-state index in [1.54, 1.807) is 32.9 Å². The molecule has 1 aromatic carbocycles. The fourth-order valence-electron chi connectivity index (χ4n) is 2.81. The summed E-state index contributed by atoms with van der Waals surface area (Å²) in [7, 11) is -5.51. The summed E-state index contributed by atoms with van der Waals surface area (Å²) in [6.45, 7) is 7.48. The second-order valence-corrected chi connectivity index (χ2v) is 10.1. The molecule has 0 radical (unpaired) electrons. The molecule has 140 valence electrons. The second kappa shape index (κ2) is 8.12. The predicted molar refractivity (Wildman–Crippen MR) is 95.9 cm³/mol. The smallest absolute Gasteiger partial charge is 0.350 e. The number of carbonyl (C=O) groups is 1. The van der Waals surface area contributed by atoms with Gasteiger partial charge in [0, 0.05) is 4.90 Å². The van der Waals surface area contributed by atoms with Crippen molar-refractivity contribution in [2.45, 2.75) is 43.5 Å². The summed E-state index contributed by atoms with van der Waals surface area (Å²) >= 11 is 0. The molecule has 0 aromatic heterocycles. The summed E-state index contributed by atoms with van der Waals surface area (Å²) in [5.74, 6) is -1.28. The van der Waals surface area contributed by atoms with Crippen LogP contribution in [-0.2, 0) is 33.9 Å². The van der Waals surface area contributed by atoms with E-state index in [2.05, 4.69) is 0 Å². The quantitative estimate of drug-likeness (QED) is 0.475. The van der Waals surface area contributed by atoms with Gasteiger partial charge < -0.3 is 13.8 Å². The van der Waals surface area contributed by atoms with Crippen molar-refractivity contribution < 1.29 is 27.4 Å². The standard InChI is InChI=1S/C17H25O6PS/c1-5-21-16(18)15-12-17(15,24(19,22-6-2)23-7-3)25(20)14-10-8-13(4)9-11-14/h8-11,15H,5-7,12H2,1-4H3/t15-,17+,25?/m1/s1. The highest BCUT2D eigenvalue weighted by Crippen LogP contribution is 2.76. The molecule has 6 nitrogen and oxygen atoms in total. The summed E-state index contributed by atoms with van der Waals surface area (Å²) < 4.78 is 41.4. The molecule has 1 saturated carbocycles. The Morgan fingerprint density at radius 3 is 2.20 bits per heavy atom. The molecule has 8 heteroatoms. The number of aryl methyl sites for hydroxylation is 1. The second-order valence-electron chi connectivity index (χ2n) is 5.77. The highest BCUT2D eigenvalue weighted by molar-refractivity contribution is 7.95. The summed E-state index contributed by atoms with van der Waals surface area (Å²) in [6, 6.07) is 7.09. The minimum atomic E-state index is -3.78. The van der Waals surface area contributed by atoms with E-state index in [4.69, 9.17) is 13.8 Å². The van der Waals surface area contributed by atoms with Crippen molar-refractivity contribution in [1.29, 1.82) is 0 Å². The van der Waals surface area contributed by atoms with Crippen LogP contribution >= 0.6 is 7.60 Å². The largest absolute Gasteiger partial charge is 0.466 e. The predicted octanol–water partition coefficient (Wildman–Crippen LogP) is 3.65. The number of carbonyl (C=O) groups excluding carboxylic acids is 1. The van der Waals surface area contributed by atoms with Gasteiger partial charge in [-0.05, 0) is 46.2 Å². The molecule has 1 fully saturated rings. The van der Waals surface area contributed by atoms with Crippen LogP contribution in [0.2, 0.25) is 0 Å². The normalized spacial score (nSPS) is 23.9. The van der Waals surface area contributed by atoms with Gasteiger partial charge in [-0.2, -0.15) is 0 Å². The lowest BCUT2D eigenvalue weighted by Gasteiger charge is -2.26. The monoisotopic (exact) mass is 388 g/mol. The van der Waals surface area contributed by atoms with Crippen LogP contribution in [0.1, 0.15) is 32.8 Å². The Labute approximate surface area is 151 Å². The van der Waals surface area contributed by atoms with Crippen LogP contribution in [0.3, 0.4) is 0 Å². The maximum Gasteiger partial charge on any atom is 0.350 e. The van der Waals surface area contributed by atoms with Crippen LogP contribution in [0, 0.1) is 12.8 Å². The molecule has 2 rings (SSSR count). The molecule has 1 aromatic rings. The van der Waals surface area contributed by atoms with Crippen molar-refractivity contribution >= 4 is 24.4 Å². The molecule has 3 atom stereocenters. The van der Waals surface area contributed by atoms with Gasteiger partial charge in [0.15, 0.2) is 4.49 Å². The number of benzene rings is 1. The minimum Gasteiger partial charge on any atom is -0.466 e. The van der Waals surface area contributed by atoms with Crippen molar-refractivity contribution in [3.05, 3.63) is 29.8 Å². The molecule has 0 N–H and O–H groups in total. The molecule has 0 saturated heterocycles. The summed E-state index contributed by atoms with van der Waals surface area (Å²) in [4.78, 5) is 12.8. The van der Waals surface area contributed by atoms with Crippen molar-refractivity contribution in [2.24, 2.45) is 5.92 Å². The van der Waals surface area contributed by atoms with Crippen LogP contribution < -0.4 is 0 Å². The summed E-state index contributed by atoms with van der Waals surface area (Å²) in [5, 5.41) is 0. The van der Waals surface area contributed by atoms with Gasteiger partial charge in [-0.25, -0.2) is 0 Å². The van der Waals surface area contributed by atoms with Crippen LogP contribution in [0.4, 0.5) is 0 Å². The zero-order valence-electron chi connectivity index (χ0n) is 15.0. The van der Waals surface area contributed by atoms with E-state index in [-0.39, 0.29) is 26.2 Å². The lowest BCUT2D eigenvalue weighted by Crippen LogP contribution is -2.27. The van der Waals surface area contributed by atoms with Gasteiger partial charge in [-0.15, -0.1) is 0 Å². The summed E-state index contributed by atoms with van der Waals surface area (Å²) in [6.07, 6.45) is 0.156. The highest BCUT2D eigenvalue weighted by Gasteiger charge is 2.75. The number of esters is 1. The van der Waals surface area contributed by atoms with Gasteiger partial charge in [-0.3, -0.25) is 13.6 Å². The third-order valence-electron chi connectivity index (χ3n) is 4.07. The molecule has 1 aliphatic rings. The first kappa shape index (κ1) is 20.3. The zero-order valence-corrected chi connectivity index (χ0v) is 16.7. The van der Waals surface area contributed by atoms with Crippen LogP contribution in [0.15, 0.2) is 29.2 Å². The Balaban J connectivity index is 2.47. The van der Waals surface area contributed by atoms with Gasteiger partial charge in [0.05, 0.1) is 36.5 Å². The maximum atomic E-state index is 13.5. The first-order chi connectivity index (χ1) is 11.9. The fourth-order valence-corrected chi connectivity index (χ4v) is 7.81. The van der Waals surface area contributed by atoms with E-state index >= 15 is 0 Å². The fraction of sp³-hybridized carbons (Fsp3) is 0.588. The molecule has 1 unspecified atom stereocenters. The molecule has 0 heterocycles. The van der Waals surface area contributed by atoms with E-state index in [0.717, 1.165) is 5.56 Å². The van der Waals surface area contributed by atoms with Crippen molar-refractivity contribution in [2.75, 3.05) is 19.8 Å². The van der Waals surface area contributed by atoms with Gasteiger partial charge in [0.1, 0.15) is 0 Å². The zero-order chi connectivity index (χ0) is 18.7.